The molecule has 0 aromatic rings. The number of nitrogens with two attached hydrogens (primary N) is 1. The second-order valence-corrected chi connectivity index (χ2v) is 3.10. The molecule has 2 N–H and O–H groups in total. The lowest BCUT2D eigenvalue weighted by atomic mass is 10.0. The minimum Gasteiger partial charge on any atom is -0.369 e. The number of halogens is 1. The Balaban J connectivity index is 2.69. The van der Waals surface area contributed by atoms with E-state index in [1.165, 1.54) is 0 Å². The second-order valence-electron chi connectivity index (χ2n) is 2.69. The smallest absolute Gasteiger partial charge is 0.224 e. The van der Waals surface area contributed by atoms with Crippen LogP contribution in [0.15, 0.2) is 11.8 Å². The molecule has 0 radical (unpaired) electrons. The Kier molecular flexibility index (Phi) is 2.39. The molecule has 0 bridgehead atoms. The largest absolute Gasteiger partial charge is 0.369 e. The number of rotatable bonds is 1. The standard InChI is InChI=1S/C7H11ClN2O/c1-5-4-6(7(9)11)2-3-10(5)8/h4,6H,2-3H2,1H3,(H2,9,11). The molecule has 1 aliphatic rings. The van der Waals surface area contributed by atoms with E-state index in [-0.39, 0.29) is 11.8 Å². The fraction of sp³-hybridized carbons (Fsp3) is 0.571. The van der Waals surface area contributed by atoms with Crippen LogP contribution < -0.4 is 5.73 Å². The summed E-state index contributed by atoms with van der Waals surface area (Å²) in [6, 6.07) is 0. The maximum atomic E-state index is 10.7. The number of hydrogen-bond acceptors (Lipinski definition) is 2. The minimum atomic E-state index is -0.269. The topological polar surface area (TPSA) is 46.3 Å². The number of primary amides is 1. The number of hydrogen-bond donors (Lipinski definition) is 1. The van der Waals surface area contributed by atoms with E-state index in [1.807, 2.05) is 6.92 Å². The van der Waals surface area contributed by atoms with Crippen molar-refractivity contribution in [1.29, 1.82) is 0 Å². The van der Waals surface area contributed by atoms with Gasteiger partial charge in [0.1, 0.15) is 0 Å². The van der Waals surface area contributed by atoms with E-state index in [2.05, 4.69) is 0 Å². The molecule has 0 aromatic carbocycles. The van der Waals surface area contributed by atoms with Gasteiger partial charge in [0.2, 0.25) is 5.91 Å². The number of carbonyl (C=O) groups excluding carboxylic acids is 1. The van der Waals surface area contributed by atoms with Gasteiger partial charge in [-0.2, -0.15) is 0 Å². The molecule has 1 amide bonds. The third-order valence-electron chi connectivity index (χ3n) is 1.83. The number of carbonyl (C=O) groups is 1. The molecule has 1 heterocycles. The van der Waals surface area contributed by atoms with Crippen LogP contribution in [0, 0.1) is 5.92 Å². The van der Waals surface area contributed by atoms with Crippen molar-refractivity contribution in [2.75, 3.05) is 6.54 Å². The molecule has 0 saturated carbocycles. The maximum Gasteiger partial charge on any atom is 0.224 e. The third-order valence-corrected chi connectivity index (χ3v) is 2.26. The van der Waals surface area contributed by atoms with E-state index in [1.54, 1.807) is 10.5 Å². The van der Waals surface area contributed by atoms with Gasteiger partial charge in [-0.1, -0.05) is 6.08 Å². The van der Waals surface area contributed by atoms with Crippen LogP contribution in [0.5, 0.6) is 0 Å². The Bertz CT molecular complexity index is 203. The summed E-state index contributed by atoms with van der Waals surface area (Å²) in [6.07, 6.45) is 2.52. The first-order valence-electron chi connectivity index (χ1n) is 3.52. The zero-order valence-electron chi connectivity index (χ0n) is 6.38. The third kappa shape index (κ3) is 1.87. The number of nitrogens with zero attached hydrogens (tertiary/aromatic N) is 1. The molecule has 1 unspecified atom stereocenters. The lowest BCUT2D eigenvalue weighted by molar-refractivity contribution is -0.120. The fourth-order valence-electron chi connectivity index (χ4n) is 1.11. The lowest BCUT2D eigenvalue weighted by Gasteiger charge is -2.24. The van der Waals surface area contributed by atoms with E-state index in [0.29, 0.717) is 6.54 Å². The van der Waals surface area contributed by atoms with Gasteiger partial charge in [-0.25, -0.2) is 0 Å². The van der Waals surface area contributed by atoms with Crippen molar-refractivity contribution < 1.29 is 4.79 Å². The number of allylic oxidation sites excluding steroid dienone is 1. The monoisotopic (exact) mass is 174 g/mol. The van der Waals surface area contributed by atoms with Gasteiger partial charge in [0.25, 0.3) is 0 Å². The van der Waals surface area contributed by atoms with Crippen LogP contribution in [-0.4, -0.2) is 16.9 Å². The maximum absolute atomic E-state index is 10.7. The van der Waals surface area contributed by atoms with Crippen molar-refractivity contribution in [3.63, 3.8) is 0 Å². The number of amides is 1. The van der Waals surface area contributed by atoms with Gasteiger partial charge in [0.05, 0.1) is 5.92 Å². The lowest BCUT2D eigenvalue weighted by Crippen LogP contribution is -2.29. The van der Waals surface area contributed by atoms with Gasteiger partial charge in [-0.15, -0.1) is 0 Å². The van der Waals surface area contributed by atoms with Crippen LogP contribution in [0.2, 0.25) is 0 Å². The summed E-state index contributed by atoms with van der Waals surface area (Å²) in [7, 11) is 0. The van der Waals surface area contributed by atoms with Crippen molar-refractivity contribution in [2.24, 2.45) is 11.7 Å². The molecule has 4 heteroatoms. The van der Waals surface area contributed by atoms with Gasteiger partial charge < -0.3 is 5.73 Å². The van der Waals surface area contributed by atoms with Gasteiger partial charge >= 0.3 is 0 Å². The predicted octanol–water partition coefficient (Wildman–Crippen LogP) is 0.851. The molecule has 62 valence electrons. The first-order chi connectivity index (χ1) is 5.11. The van der Waals surface area contributed by atoms with E-state index in [9.17, 15) is 4.79 Å². The molecule has 1 aliphatic heterocycles. The second kappa shape index (κ2) is 3.13. The molecule has 11 heavy (non-hydrogen) atoms. The summed E-state index contributed by atoms with van der Waals surface area (Å²) in [5.74, 6) is -0.404. The van der Waals surface area contributed by atoms with Crippen LogP contribution in [0.3, 0.4) is 0 Å². The molecular weight excluding hydrogens is 164 g/mol. The minimum absolute atomic E-state index is 0.134. The van der Waals surface area contributed by atoms with Crippen molar-refractivity contribution in [2.45, 2.75) is 13.3 Å². The van der Waals surface area contributed by atoms with Crippen LogP contribution in [-0.2, 0) is 4.79 Å². The van der Waals surface area contributed by atoms with Crippen LogP contribution in [0.1, 0.15) is 13.3 Å². The van der Waals surface area contributed by atoms with E-state index in [4.69, 9.17) is 17.5 Å². The molecule has 0 aromatic heterocycles. The van der Waals surface area contributed by atoms with Crippen molar-refractivity contribution in [1.82, 2.24) is 4.42 Å². The molecule has 0 spiro atoms. The van der Waals surface area contributed by atoms with Crippen molar-refractivity contribution in [3.8, 4) is 0 Å². The summed E-state index contributed by atoms with van der Waals surface area (Å²) < 4.78 is 1.60. The van der Waals surface area contributed by atoms with Gasteiger partial charge in [-0.05, 0) is 13.3 Å². The highest BCUT2D eigenvalue weighted by Gasteiger charge is 2.19. The van der Waals surface area contributed by atoms with Crippen LogP contribution >= 0.6 is 11.8 Å². The molecular formula is C7H11ClN2O. The van der Waals surface area contributed by atoms with Crippen LogP contribution in [0.25, 0.3) is 0 Å². The van der Waals surface area contributed by atoms with E-state index < -0.39 is 0 Å². The highest BCUT2D eigenvalue weighted by Crippen LogP contribution is 2.20. The normalized spacial score (nSPS) is 24.7. The summed E-state index contributed by atoms with van der Waals surface area (Å²) in [4.78, 5) is 10.7. The van der Waals surface area contributed by atoms with E-state index in [0.717, 1.165) is 12.1 Å². The Morgan fingerprint density at radius 2 is 2.55 bits per heavy atom. The first-order valence-corrected chi connectivity index (χ1v) is 3.86. The Labute approximate surface area is 70.9 Å². The van der Waals surface area contributed by atoms with Crippen molar-refractivity contribution >= 4 is 17.7 Å². The summed E-state index contributed by atoms with van der Waals surface area (Å²) in [5, 5.41) is 0. The molecule has 0 fully saturated rings. The average molecular weight is 175 g/mol. The van der Waals surface area contributed by atoms with E-state index >= 15 is 0 Å². The first kappa shape index (κ1) is 8.40. The summed E-state index contributed by atoms with van der Waals surface area (Å²) in [5.41, 5.74) is 6.03. The SMILES string of the molecule is CC1=CC(C(N)=O)CCN1Cl. The highest BCUT2D eigenvalue weighted by atomic mass is 35.5. The van der Waals surface area contributed by atoms with Gasteiger partial charge in [0.15, 0.2) is 0 Å². The zero-order valence-corrected chi connectivity index (χ0v) is 7.14. The Morgan fingerprint density at radius 3 is 3.00 bits per heavy atom. The fourth-order valence-corrected chi connectivity index (χ4v) is 1.26. The molecule has 1 rings (SSSR count). The summed E-state index contributed by atoms with van der Waals surface area (Å²) >= 11 is 5.75. The van der Waals surface area contributed by atoms with Gasteiger partial charge in [-0.3, -0.25) is 9.21 Å². The predicted molar refractivity (Wildman–Crippen MR) is 43.6 cm³/mol. The van der Waals surface area contributed by atoms with Crippen LogP contribution in [0.4, 0.5) is 0 Å². The molecule has 1 atom stereocenters. The van der Waals surface area contributed by atoms with Gasteiger partial charge in [0, 0.05) is 24.0 Å². The Hall–Kier alpha value is -0.700. The Morgan fingerprint density at radius 1 is 1.91 bits per heavy atom. The summed E-state index contributed by atoms with van der Waals surface area (Å²) in [6.45, 7) is 2.56. The molecule has 0 aliphatic carbocycles. The highest BCUT2D eigenvalue weighted by molar-refractivity contribution is 6.14. The zero-order chi connectivity index (χ0) is 8.43. The quantitative estimate of drug-likeness (QED) is 0.600. The molecule has 0 saturated heterocycles. The van der Waals surface area contributed by atoms with Crippen molar-refractivity contribution in [3.05, 3.63) is 11.8 Å². The average Bonchev–Trinajstić information content (AvgIpc) is 1.94. The molecule has 3 nitrogen and oxygen atoms in total.